The van der Waals surface area contributed by atoms with Gasteiger partial charge in [-0.2, -0.15) is 17.9 Å². The molecule has 1 aromatic heterocycles. The molecule has 1 unspecified atom stereocenters. The molecule has 0 aliphatic rings. The number of alkyl halides is 3. The zero-order valence-corrected chi connectivity index (χ0v) is 19.6. The van der Waals surface area contributed by atoms with Gasteiger partial charge in [0.15, 0.2) is 0 Å². The number of ether oxygens (including phenoxy) is 1. The Kier molecular flexibility index (Phi) is 8.03. The Morgan fingerprint density at radius 3 is 2.51 bits per heavy atom. The summed E-state index contributed by atoms with van der Waals surface area (Å²) in [6, 6.07) is 5.10. The lowest BCUT2D eigenvalue weighted by Gasteiger charge is -2.17. The average Bonchev–Trinajstić information content (AvgIpc) is 2.78. The highest BCUT2D eigenvalue weighted by Crippen LogP contribution is 2.40. The van der Waals surface area contributed by atoms with Crippen LogP contribution < -0.4 is 15.7 Å². The minimum Gasteiger partial charge on any atom is -0.456 e. The molecule has 2 aromatic carbocycles. The highest BCUT2D eigenvalue weighted by Gasteiger charge is 2.35. The van der Waals surface area contributed by atoms with Crippen LogP contribution in [-0.2, 0) is 6.18 Å². The summed E-state index contributed by atoms with van der Waals surface area (Å²) in [6.45, 7) is 2.52. The number of anilines is 1. The van der Waals surface area contributed by atoms with E-state index >= 15 is 0 Å². The number of aromatic nitrogens is 2. The first-order valence-corrected chi connectivity index (χ1v) is 10.5. The fraction of sp³-hybridized carbons (Fsp3) is 0.182. The Balaban J connectivity index is 2.08. The van der Waals surface area contributed by atoms with Crippen molar-refractivity contribution in [3.05, 3.63) is 80.5 Å². The van der Waals surface area contributed by atoms with E-state index in [1.165, 1.54) is 6.92 Å². The lowest BCUT2D eigenvalue weighted by atomic mass is 10.1. The number of rotatable bonds is 5. The molecule has 0 aliphatic carbocycles. The summed E-state index contributed by atoms with van der Waals surface area (Å²) in [5.74, 6) is -3.50. The topological polar surface area (TPSA) is 137 Å². The maximum absolute atomic E-state index is 13.5. The van der Waals surface area contributed by atoms with Crippen molar-refractivity contribution >= 4 is 29.1 Å². The van der Waals surface area contributed by atoms with Crippen LogP contribution in [0.5, 0.6) is 11.5 Å². The molecule has 0 fully saturated rings. The van der Waals surface area contributed by atoms with Gasteiger partial charge in [0.25, 0.3) is 5.91 Å². The summed E-state index contributed by atoms with van der Waals surface area (Å²) in [6.07, 6.45) is -5.73. The van der Waals surface area contributed by atoms with Gasteiger partial charge in [-0.25, -0.2) is 13.8 Å². The number of carbonyl (C=O) groups excluding carboxylic acids is 2. The molecule has 37 heavy (non-hydrogen) atoms. The van der Waals surface area contributed by atoms with Crippen molar-refractivity contribution in [1.82, 2.24) is 9.95 Å². The van der Waals surface area contributed by atoms with Crippen molar-refractivity contribution < 1.29 is 46.3 Å². The van der Waals surface area contributed by atoms with Crippen LogP contribution in [-0.4, -0.2) is 33.0 Å². The number of benzene rings is 2. The number of aliphatic hydroxyl groups is 1. The molecule has 15 heteroatoms. The molecule has 10 nitrogen and oxygen atoms in total. The fourth-order valence-electron chi connectivity index (χ4n) is 2.79. The summed E-state index contributed by atoms with van der Waals surface area (Å²) in [7, 11) is 0. The van der Waals surface area contributed by atoms with Gasteiger partial charge >= 0.3 is 17.7 Å². The van der Waals surface area contributed by atoms with Gasteiger partial charge in [-0.15, -0.1) is 5.10 Å². The number of aliphatic hydroxyl groups excluding tert-OH is 1. The summed E-state index contributed by atoms with van der Waals surface area (Å²) in [5, 5.41) is 14.2. The number of hydrogen-bond acceptors (Lipinski definition) is 8. The smallest absolute Gasteiger partial charge is 0.417 e. The lowest BCUT2D eigenvalue weighted by Crippen LogP contribution is -2.25. The van der Waals surface area contributed by atoms with Gasteiger partial charge < -0.3 is 15.2 Å². The first-order valence-electron chi connectivity index (χ1n) is 10.1. The molecule has 0 bridgehead atoms. The standard InChI is InChI=1S/C22H16ClF4N3O7/c1-10-5-12(24)3-4-17(10)35-18-8-15(22(25,26)27)16(23)7-14(18)20(33)29-13-6-19(32)36-37-30(28-9-13)21(34)11(2)31/h3-9,11,31H,1-2H3,(H,29,33). The monoisotopic (exact) mass is 545 g/mol. The number of nitrogens with zero attached hydrogens (tertiary/aromatic N) is 2. The van der Waals surface area contributed by atoms with Crippen LogP contribution in [0.2, 0.25) is 5.02 Å². The molecule has 0 aliphatic heterocycles. The highest BCUT2D eigenvalue weighted by molar-refractivity contribution is 6.32. The molecule has 1 atom stereocenters. The Labute approximate surface area is 209 Å². The van der Waals surface area contributed by atoms with Crippen molar-refractivity contribution in [3.63, 3.8) is 0 Å². The molecule has 0 saturated heterocycles. The number of carbonyl (C=O) groups is 2. The van der Waals surface area contributed by atoms with E-state index in [4.69, 9.17) is 16.3 Å². The van der Waals surface area contributed by atoms with Gasteiger partial charge in [0.1, 0.15) is 23.4 Å². The number of hydrogen-bond donors (Lipinski definition) is 2. The molecule has 1 heterocycles. The van der Waals surface area contributed by atoms with Gasteiger partial charge in [0.2, 0.25) is 0 Å². The maximum atomic E-state index is 13.5. The third-order valence-electron chi connectivity index (χ3n) is 4.55. The molecule has 3 rings (SSSR count). The van der Waals surface area contributed by atoms with Crippen LogP contribution in [0.15, 0.2) is 56.6 Å². The largest absolute Gasteiger partial charge is 0.456 e. The second-order valence-corrected chi connectivity index (χ2v) is 7.81. The molecular formula is C22H16ClF4N3O7. The fourth-order valence-corrected chi connectivity index (χ4v) is 3.06. The van der Waals surface area contributed by atoms with Crippen molar-refractivity contribution in [2.45, 2.75) is 26.1 Å². The van der Waals surface area contributed by atoms with Crippen LogP contribution in [0, 0.1) is 12.7 Å². The molecule has 196 valence electrons. The molecular weight excluding hydrogens is 530 g/mol. The van der Waals surface area contributed by atoms with Crippen molar-refractivity contribution in [2.75, 3.05) is 5.32 Å². The van der Waals surface area contributed by atoms with E-state index in [0.29, 0.717) is 18.2 Å². The van der Waals surface area contributed by atoms with E-state index in [1.807, 2.05) is 0 Å². The van der Waals surface area contributed by atoms with Gasteiger partial charge in [-0.05, 0) is 54.6 Å². The third kappa shape index (κ3) is 6.74. The predicted molar refractivity (Wildman–Crippen MR) is 119 cm³/mol. The van der Waals surface area contributed by atoms with E-state index in [1.54, 1.807) is 0 Å². The molecule has 1 amide bonds. The Bertz CT molecular complexity index is 1460. The molecule has 3 aromatic rings. The second-order valence-electron chi connectivity index (χ2n) is 7.40. The minimum atomic E-state index is -4.90. The van der Waals surface area contributed by atoms with Gasteiger partial charge in [0, 0.05) is 0 Å². The van der Waals surface area contributed by atoms with E-state index < -0.39 is 57.4 Å². The van der Waals surface area contributed by atoms with Crippen LogP contribution in [0.1, 0.15) is 33.2 Å². The van der Waals surface area contributed by atoms with E-state index in [0.717, 1.165) is 31.3 Å². The quantitative estimate of drug-likeness (QED) is 0.346. The first kappa shape index (κ1) is 27.4. The summed E-state index contributed by atoms with van der Waals surface area (Å²) >= 11 is 5.78. The molecule has 0 saturated carbocycles. The maximum Gasteiger partial charge on any atom is 0.417 e. The molecule has 0 spiro atoms. The van der Waals surface area contributed by atoms with E-state index in [9.17, 15) is 37.1 Å². The van der Waals surface area contributed by atoms with E-state index in [2.05, 4.69) is 19.7 Å². The van der Waals surface area contributed by atoms with Gasteiger partial charge in [-0.1, -0.05) is 11.6 Å². The zero-order chi connectivity index (χ0) is 27.5. The SMILES string of the molecule is Cc1cc(F)ccc1Oc1cc(C(F)(F)F)c(Cl)cc1C(=O)Nc1cnn(C(=O)C(C)O)ooc(=O)c1. The van der Waals surface area contributed by atoms with Gasteiger partial charge in [-0.3, -0.25) is 9.59 Å². The summed E-state index contributed by atoms with van der Waals surface area (Å²) in [4.78, 5) is 36.8. The Morgan fingerprint density at radius 2 is 1.89 bits per heavy atom. The summed E-state index contributed by atoms with van der Waals surface area (Å²) < 4.78 is 68.0. The zero-order valence-electron chi connectivity index (χ0n) is 18.8. The number of nitrogens with one attached hydrogen (secondary N) is 1. The lowest BCUT2D eigenvalue weighted by molar-refractivity contribution is -0.137. The highest BCUT2D eigenvalue weighted by atomic mass is 35.5. The normalized spacial score (nSPS) is 12.0. The predicted octanol–water partition coefficient (Wildman–Crippen LogP) is 4.74. The number of aryl methyl sites for hydroxylation is 1. The average molecular weight is 546 g/mol. The van der Waals surface area contributed by atoms with Crippen molar-refractivity contribution in [2.24, 2.45) is 0 Å². The molecule has 2 N–H and O–H groups in total. The Morgan fingerprint density at radius 1 is 1.19 bits per heavy atom. The number of halogens is 5. The van der Waals surface area contributed by atoms with Crippen LogP contribution in [0.4, 0.5) is 23.2 Å². The Hall–Kier alpha value is -4.17. The summed E-state index contributed by atoms with van der Waals surface area (Å²) in [5.41, 5.74) is -3.19. The number of amides is 1. The first-order chi connectivity index (χ1) is 17.3. The van der Waals surface area contributed by atoms with Gasteiger partial charge in [0.05, 0.1) is 34.1 Å². The van der Waals surface area contributed by atoms with E-state index in [-0.39, 0.29) is 21.9 Å². The van der Waals surface area contributed by atoms with Crippen LogP contribution >= 0.6 is 11.6 Å². The second kappa shape index (κ2) is 10.8. The third-order valence-corrected chi connectivity index (χ3v) is 4.86. The van der Waals surface area contributed by atoms with Crippen molar-refractivity contribution in [1.29, 1.82) is 0 Å². The van der Waals surface area contributed by atoms with Crippen LogP contribution in [0.25, 0.3) is 0 Å². The minimum absolute atomic E-state index is 0.0503. The molecule has 0 radical (unpaired) electrons. The van der Waals surface area contributed by atoms with Crippen LogP contribution in [0.3, 0.4) is 0 Å². The van der Waals surface area contributed by atoms with Crippen molar-refractivity contribution in [3.8, 4) is 11.5 Å².